The fourth-order valence-corrected chi connectivity index (χ4v) is 1.89. The summed E-state index contributed by atoms with van der Waals surface area (Å²) in [5.74, 6) is 0. The molecule has 98 valence electrons. The van der Waals surface area contributed by atoms with Gasteiger partial charge in [-0.2, -0.15) is 0 Å². The Hall–Kier alpha value is -1.81. The summed E-state index contributed by atoms with van der Waals surface area (Å²) in [6.45, 7) is 1.06. The number of benzene rings is 2. The first kappa shape index (κ1) is 13.6. The molecule has 0 radical (unpaired) electrons. The van der Waals surface area contributed by atoms with Crippen molar-refractivity contribution in [1.82, 2.24) is 10.6 Å². The number of hydrogen-bond acceptors (Lipinski definition) is 1. The number of urea groups is 1. The fraction of sp³-hybridized carbons (Fsp3) is 0.133. The van der Waals surface area contributed by atoms with Gasteiger partial charge in [-0.3, -0.25) is 0 Å². The molecule has 0 aromatic heterocycles. The molecule has 19 heavy (non-hydrogen) atoms. The lowest BCUT2D eigenvalue weighted by atomic mass is 10.2. The van der Waals surface area contributed by atoms with Crippen LogP contribution in [-0.4, -0.2) is 6.03 Å². The van der Waals surface area contributed by atoms with Crippen molar-refractivity contribution in [2.75, 3.05) is 0 Å². The van der Waals surface area contributed by atoms with Crippen LogP contribution >= 0.6 is 15.9 Å². The van der Waals surface area contributed by atoms with E-state index in [-0.39, 0.29) is 6.03 Å². The van der Waals surface area contributed by atoms with Gasteiger partial charge in [-0.15, -0.1) is 0 Å². The van der Waals surface area contributed by atoms with Gasteiger partial charge in [-0.05, 0) is 23.3 Å². The molecule has 2 aromatic rings. The third-order valence-corrected chi connectivity index (χ3v) is 3.19. The van der Waals surface area contributed by atoms with Gasteiger partial charge >= 0.3 is 6.03 Å². The molecule has 0 aliphatic carbocycles. The Morgan fingerprint density at radius 3 is 1.95 bits per heavy atom. The normalized spacial score (nSPS) is 9.95. The molecule has 0 spiro atoms. The minimum atomic E-state index is -0.160. The Morgan fingerprint density at radius 2 is 1.37 bits per heavy atom. The highest BCUT2D eigenvalue weighted by molar-refractivity contribution is 9.10. The highest BCUT2D eigenvalue weighted by atomic mass is 79.9. The van der Waals surface area contributed by atoms with E-state index in [9.17, 15) is 4.79 Å². The van der Waals surface area contributed by atoms with Gasteiger partial charge in [0.05, 0.1) is 0 Å². The lowest BCUT2D eigenvalue weighted by Crippen LogP contribution is -2.34. The van der Waals surface area contributed by atoms with Gasteiger partial charge in [-0.1, -0.05) is 58.4 Å². The highest BCUT2D eigenvalue weighted by Gasteiger charge is 2.00. The number of rotatable bonds is 4. The zero-order chi connectivity index (χ0) is 13.5. The van der Waals surface area contributed by atoms with Crippen molar-refractivity contribution in [3.05, 3.63) is 70.2 Å². The first-order valence-corrected chi connectivity index (χ1v) is 6.83. The molecule has 4 heteroatoms. The second-order valence-electron chi connectivity index (χ2n) is 4.15. The highest BCUT2D eigenvalue weighted by Crippen LogP contribution is 2.10. The Labute approximate surface area is 121 Å². The molecule has 0 saturated carbocycles. The molecule has 0 atom stereocenters. The standard InChI is InChI=1S/C15H15BrN2O/c16-14-8-6-13(7-9-14)11-18-15(19)17-10-12-4-2-1-3-5-12/h1-9H,10-11H2,(H2,17,18,19). The monoisotopic (exact) mass is 318 g/mol. The average Bonchev–Trinajstić information content (AvgIpc) is 2.45. The molecule has 0 heterocycles. The van der Waals surface area contributed by atoms with Crippen LogP contribution in [-0.2, 0) is 13.1 Å². The second-order valence-corrected chi connectivity index (χ2v) is 5.06. The molecule has 0 unspecified atom stereocenters. The predicted octanol–water partition coefficient (Wildman–Crippen LogP) is 3.45. The molecule has 0 fully saturated rings. The van der Waals surface area contributed by atoms with Gasteiger partial charge in [0.1, 0.15) is 0 Å². The summed E-state index contributed by atoms with van der Waals surface area (Å²) in [5, 5.41) is 5.64. The van der Waals surface area contributed by atoms with Crippen molar-refractivity contribution in [2.24, 2.45) is 0 Å². The summed E-state index contributed by atoms with van der Waals surface area (Å²) in [6, 6.07) is 17.5. The largest absolute Gasteiger partial charge is 0.334 e. The molecular weight excluding hydrogens is 304 g/mol. The smallest absolute Gasteiger partial charge is 0.315 e. The molecule has 0 saturated heterocycles. The summed E-state index contributed by atoms with van der Waals surface area (Å²) in [5.41, 5.74) is 2.15. The van der Waals surface area contributed by atoms with Crippen LogP contribution in [0.25, 0.3) is 0 Å². The van der Waals surface area contributed by atoms with E-state index in [4.69, 9.17) is 0 Å². The quantitative estimate of drug-likeness (QED) is 0.890. The topological polar surface area (TPSA) is 41.1 Å². The third-order valence-electron chi connectivity index (χ3n) is 2.66. The molecular formula is C15H15BrN2O. The first-order valence-electron chi connectivity index (χ1n) is 6.04. The maximum absolute atomic E-state index is 11.6. The predicted molar refractivity (Wildman–Crippen MR) is 79.7 cm³/mol. The van der Waals surface area contributed by atoms with E-state index in [1.165, 1.54) is 0 Å². The molecule has 2 amide bonds. The number of hydrogen-bond donors (Lipinski definition) is 2. The van der Waals surface area contributed by atoms with Crippen molar-refractivity contribution in [2.45, 2.75) is 13.1 Å². The van der Waals surface area contributed by atoms with Crippen molar-refractivity contribution >= 4 is 22.0 Å². The van der Waals surface area contributed by atoms with Crippen molar-refractivity contribution < 1.29 is 4.79 Å². The molecule has 2 N–H and O–H groups in total. The molecule has 2 rings (SSSR count). The summed E-state index contributed by atoms with van der Waals surface area (Å²) in [6.07, 6.45) is 0. The zero-order valence-corrected chi connectivity index (χ0v) is 12.0. The Bertz CT molecular complexity index is 526. The SMILES string of the molecule is O=C(NCc1ccccc1)NCc1ccc(Br)cc1. The van der Waals surface area contributed by atoms with E-state index >= 15 is 0 Å². The van der Waals surface area contributed by atoms with Gasteiger partial charge in [0.15, 0.2) is 0 Å². The van der Waals surface area contributed by atoms with Crippen LogP contribution in [0, 0.1) is 0 Å². The van der Waals surface area contributed by atoms with Crippen LogP contribution in [0.3, 0.4) is 0 Å². The van der Waals surface area contributed by atoms with Gasteiger partial charge in [0.25, 0.3) is 0 Å². The average molecular weight is 319 g/mol. The summed E-state index contributed by atoms with van der Waals surface area (Å²) < 4.78 is 1.03. The number of carbonyl (C=O) groups excluding carboxylic acids is 1. The van der Waals surface area contributed by atoms with Crippen LogP contribution in [0.5, 0.6) is 0 Å². The molecule has 3 nitrogen and oxygen atoms in total. The van der Waals surface area contributed by atoms with E-state index in [2.05, 4.69) is 26.6 Å². The molecule has 0 aliphatic rings. The Balaban J connectivity index is 1.74. The molecule has 0 bridgehead atoms. The Morgan fingerprint density at radius 1 is 0.842 bits per heavy atom. The van der Waals surface area contributed by atoms with Gasteiger partial charge in [0.2, 0.25) is 0 Å². The van der Waals surface area contributed by atoms with E-state index < -0.39 is 0 Å². The van der Waals surface area contributed by atoms with E-state index in [0.29, 0.717) is 13.1 Å². The zero-order valence-electron chi connectivity index (χ0n) is 10.4. The van der Waals surface area contributed by atoms with Crippen molar-refractivity contribution in [3.63, 3.8) is 0 Å². The van der Waals surface area contributed by atoms with Crippen LogP contribution in [0.1, 0.15) is 11.1 Å². The first-order chi connectivity index (χ1) is 9.24. The number of nitrogens with one attached hydrogen (secondary N) is 2. The van der Waals surface area contributed by atoms with Crippen LogP contribution in [0.4, 0.5) is 4.79 Å². The summed E-state index contributed by atoms with van der Waals surface area (Å²) in [4.78, 5) is 11.6. The van der Waals surface area contributed by atoms with Gasteiger partial charge in [-0.25, -0.2) is 4.79 Å². The lowest BCUT2D eigenvalue weighted by Gasteiger charge is -2.07. The maximum atomic E-state index is 11.6. The van der Waals surface area contributed by atoms with Crippen LogP contribution < -0.4 is 10.6 Å². The number of amides is 2. The van der Waals surface area contributed by atoms with E-state index in [1.54, 1.807) is 0 Å². The van der Waals surface area contributed by atoms with E-state index in [1.807, 2.05) is 54.6 Å². The van der Waals surface area contributed by atoms with E-state index in [0.717, 1.165) is 15.6 Å². The van der Waals surface area contributed by atoms with Crippen molar-refractivity contribution in [3.8, 4) is 0 Å². The molecule has 0 aliphatic heterocycles. The van der Waals surface area contributed by atoms with Gasteiger partial charge in [0, 0.05) is 17.6 Å². The van der Waals surface area contributed by atoms with Crippen LogP contribution in [0.15, 0.2) is 59.1 Å². The third kappa shape index (κ3) is 4.75. The Kier molecular flexibility index (Phi) is 4.98. The summed E-state index contributed by atoms with van der Waals surface area (Å²) in [7, 11) is 0. The van der Waals surface area contributed by atoms with Crippen molar-refractivity contribution in [1.29, 1.82) is 0 Å². The fourth-order valence-electron chi connectivity index (χ4n) is 1.63. The number of halogens is 1. The second kappa shape index (κ2) is 6.95. The van der Waals surface area contributed by atoms with Crippen LogP contribution in [0.2, 0.25) is 0 Å². The molecule has 2 aromatic carbocycles. The summed E-state index contributed by atoms with van der Waals surface area (Å²) >= 11 is 3.38. The minimum absolute atomic E-state index is 0.160. The maximum Gasteiger partial charge on any atom is 0.315 e. The van der Waals surface area contributed by atoms with Gasteiger partial charge < -0.3 is 10.6 Å². The number of carbonyl (C=O) groups is 1. The minimum Gasteiger partial charge on any atom is -0.334 e. The lowest BCUT2D eigenvalue weighted by molar-refractivity contribution is 0.240.